The third kappa shape index (κ3) is 1.70. The van der Waals surface area contributed by atoms with Gasteiger partial charge in [-0.05, 0) is 25.3 Å². The summed E-state index contributed by atoms with van der Waals surface area (Å²) in [6.45, 7) is 1.80. The molecule has 0 aliphatic heterocycles. The molecule has 1 aliphatic carbocycles. The number of hydrogen-bond donors (Lipinski definition) is 2. The Kier molecular flexibility index (Phi) is 2.61. The Hall–Kier alpha value is -1.78. The van der Waals surface area contributed by atoms with Crippen LogP contribution in [0.15, 0.2) is 15.7 Å². The molecule has 2 aromatic rings. The van der Waals surface area contributed by atoms with Gasteiger partial charge >= 0.3 is 0 Å². The van der Waals surface area contributed by atoms with E-state index in [0.717, 1.165) is 18.4 Å². The van der Waals surface area contributed by atoms with Crippen molar-refractivity contribution >= 4 is 11.0 Å². The quantitative estimate of drug-likeness (QED) is 0.807. The lowest BCUT2D eigenvalue weighted by atomic mass is 9.96. The van der Waals surface area contributed by atoms with Gasteiger partial charge in [0, 0.05) is 6.07 Å². The average molecular weight is 247 g/mol. The third-order valence-corrected chi connectivity index (χ3v) is 3.85. The predicted molar refractivity (Wildman–Crippen MR) is 70.0 cm³/mol. The summed E-state index contributed by atoms with van der Waals surface area (Å²) in [5.74, 6) is 0. The molecule has 0 radical (unpaired) electrons. The summed E-state index contributed by atoms with van der Waals surface area (Å²) in [4.78, 5) is 26.3. The zero-order valence-corrected chi connectivity index (χ0v) is 10.5. The Balaban J connectivity index is 2.23. The normalized spacial score (nSPS) is 17.4. The van der Waals surface area contributed by atoms with Crippen LogP contribution in [-0.4, -0.2) is 14.8 Å². The maximum atomic E-state index is 12.0. The number of H-pyrrole nitrogens is 2. The van der Waals surface area contributed by atoms with Crippen LogP contribution in [0.5, 0.6) is 0 Å². The maximum Gasteiger partial charge on any atom is 0.273 e. The van der Waals surface area contributed by atoms with Gasteiger partial charge in [0.2, 0.25) is 5.56 Å². The highest BCUT2D eigenvalue weighted by Crippen LogP contribution is 2.28. The van der Waals surface area contributed by atoms with Crippen LogP contribution in [0.2, 0.25) is 0 Å². The second kappa shape index (κ2) is 4.15. The van der Waals surface area contributed by atoms with E-state index in [9.17, 15) is 9.59 Å². The molecule has 1 fully saturated rings. The van der Waals surface area contributed by atoms with E-state index in [1.54, 1.807) is 6.92 Å². The molecule has 2 heterocycles. The molecule has 2 aromatic heterocycles. The molecule has 0 amide bonds. The van der Waals surface area contributed by atoms with Crippen LogP contribution >= 0.6 is 0 Å². The lowest BCUT2D eigenvalue weighted by Gasteiger charge is -2.23. The standard InChI is InChI=1S/C13H17N3O2/c1-8-7-10(17)14-12-11(8)13(18)15-16(12)9-5-3-2-4-6-9/h7,9H,2-6H2,1H3,(H,14,17)(H,15,18). The van der Waals surface area contributed by atoms with Gasteiger partial charge in [0.25, 0.3) is 5.56 Å². The number of pyridine rings is 1. The van der Waals surface area contributed by atoms with Crippen LogP contribution in [0.3, 0.4) is 0 Å². The van der Waals surface area contributed by atoms with Gasteiger partial charge in [-0.2, -0.15) is 0 Å². The van der Waals surface area contributed by atoms with Gasteiger partial charge in [0.1, 0.15) is 5.65 Å². The highest BCUT2D eigenvalue weighted by atomic mass is 16.1. The molecule has 0 spiro atoms. The number of aromatic amines is 2. The molecule has 5 heteroatoms. The number of nitrogens with one attached hydrogen (secondary N) is 2. The monoisotopic (exact) mass is 247 g/mol. The summed E-state index contributed by atoms with van der Waals surface area (Å²) >= 11 is 0. The van der Waals surface area contributed by atoms with E-state index in [0.29, 0.717) is 17.1 Å². The topological polar surface area (TPSA) is 70.7 Å². The second-order valence-electron chi connectivity index (χ2n) is 5.14. The Labute approximate surface area is 104 Å². The lowest BCUT2D eigenvalue weighted by molar-refractivity contribution is 0.334. The molecule has 0 bridgehead atoms. The van der Waals surface area contributed by atoms with Gasteiger partial charge < -0.3 is 4.98 Å². The fourth-order valence-corrected chi connectivity index (χ4v) is 2.97. The first-order valence-electron chi connectivity index (χ1n) is 6.51. The molecule has 18 heavy (non-hydrogen) atoms. The molecule has 0 unspecified atom stereocenters. The number of fused-ring (bicyclic) bond motifs is 1. The van der Waals surface area contributed by atoms with Crippen molar-refractivity contribution < 1.29 is 0 Å². The van der Waals surface area contributed by atoms with Gasteiger partial charge in [0.15, 0.2) is 0 Å². The zero-order valence-electron chi connectivity index (χ0n) is 10.5. The molecule has 1 saturated carbocycles. The van der Waals surface area contributed by atoms with Crippen LogP contribution in [0.1, 0.15) is 43.7 Å². The second-order valence-corrected chi connectivity index (χ2v) is 5.14. The number of rotatable bonds is 1. The first kappa shape index (κ1) is 11.3. The van der Waals surface area contributed by atoms with Crippen LogP contribution in [0, 0.1) is 6.92 Å². The van der Waals surface area contributed by atoms with E-state index < -0.39 is 0 Å². The van der Waals surface area contributed by atoms with Crippen molar-refractivity contribution in [2.24, 2.45) is 0 Å². The summed E-state index contributed by atoms with van der Waals surface area (Å²) in [5, 5.41) is 3.49. The Morgan fingerprint density at radius 2 is 1.94 bits per heavy atom. The predicted octanol–water partition coefficient (Wildman–Crippen LogP) is 1.83. The Morgan fingerprint density at radius 3 is 2.67 bits per heavy atom. The highest BCUT2D eigenvalue weighted by Gasteiger charge is 2.20. The number of nitrogens with zero attached hydrogens (tertiary/aromatic N) is 1. The van der Waals surface area contributed by atoms with Crippen LogP contribution in [0.4, 0.5) is 0 Å². The summed E-state index contributed by atoms with van der Waals surface area (Å²) in [6.07, 6.45) is 5.76. The SMILES string of the molecule is Cc1cc(=O)[nH]c2c1c(=O)[nH]n2C1CCCCC1. The van der Waals surface area contributed by atoms with E-state index >= 15 is 0 Å². The molecule has 0 saturated heterocycles. The van der Waals surface area contributed by atoms with Gasteiger partial charge in [-0.25, -0.2) is 0 Å². The summed E-state index contributed by atoms with van der Waals surface area (Å²) in [7, 11) is 0. The highest BCUT2D eigenvalue weighted by molar-refractivity contribution is 5.77. The Bertz CT molecular complexity index is 686. The van der Waals surface area contributed by atoms with E-state index in [-0.39, 0.29) is 11.1 Å². The van der Waals surface area contributed by atoms with Gasteiger partial charge in [0.05, 0.1) is 11.4 Å². The fraction of sp³-hybridized carbons (Fsp3) is 0.538. The Morgan fingerprint density at radius 1 is 1.22 bits per heavy atom. The number of hydrogen-bond acceptors (Lipinski definition) is 2. The van der Waals surface area contributed by atoms with Crippen LogP contribution in [0.25, 0.3) is 11.0 Å². The van der Waals surface area contributed by atoms with Crippen molar-refractivity contribution in [1.29, 1.82) is 0 Å². The van der Waals surface area contributed by atoms with E-state index in [1.165, 1.54) is 25.3 Å². The molecule has 96 valence electrons. The minimum atomic E-state index is -0.149. The van der Waals surface area contributed by atoms with Crippen LogP contribution in [-0.2, 0) is 0 Å². The van der Waals surface area contributed by atoms with Crippen molar-refractivity contribution in [3.63, 3.8) is 0 Å². The summed E-state index contributed by atoms with van der Waals surface area (Å²) < 4.78 is 1.87. The number of aromatic nitrogens is 3. The molecular weight excluding hydrogens is 230 g/mol. The third-order valence-electron chi connectivity index (χ3n) is 3.85. The molecule has 3 rings (SSSR count). The molecule has 5 nitrogen and oxygen atoms in total. The van der Waals surface area contributed by atoms with Gasteiger partial charge in [-0.1, -0.05) is 19.3 Å². The first-order chi connectivity index (χ1) is 8.66. The van der Waals surface area contributed by atoms with E-state index in [1.807, 2.05) is 4.68 Å². The minimum Gasteiger partial charge on any atom is -0.307 e. The van der Waals surface area contributed by atoms with E-state index in [2.05, 4.69) is 10.1 Å². The average Bonchev–Trinajstić information content (AvgIpc) is 2.67. The van der Waals surface area contributed by atoms with Gasteiger partial charge in [-0.15, -0.1) is 0 Å². The van der Waals surface area contributed by atoms with Crippen molar-refractivity contribution in [1.82, 2.24) is 14.8 Å². The largest absolute Gasteiger partial charge is 0.307 e. The van der Waals surface area contributed by atoms with Gasteiger partial charge in [-0.3, -0.25) is 19.4 Å². The molecule has 0 atom stereocenters. The fourth-order valence-electron chi connectivity index (χ4n) is 2.97. The van der Waals surface area contributed by atoms with Crippen molar-refractivity contribution in [3.05, 3.63) is 32.3 Å². The summed E-state index contributed by atoms with van der Waals surface area (Å²) in [5.41, 5.74) is 1.13. The lowest BCUT2D eigenvalue weighted by Crippen LogP contribution is -2.17. The first-order valence-corrected chi connectivity index (χ1v) is 6.51. The van der Waals surface area contributed by atoms with Crippen molar-refractivity contribution in [3.8, 4) is 0 Å². The van der Waals surface area contributed by atoms with Crippen LogP contribution < -0.4 is 11.1 Å². The molecule has 0 aromatic carbocycles. The zero-order chi connectivity index (χ0) is 12.7. The smallest absolute Gasteiger partial charge is 0.273 e. The minimum absolute atomic E-state index is 0.107. The van der Waals surface area contributed by atoms with Crippen molar-refractivity contribution in [2.75, 3.05) is 0 Å². The van der Waals surface area contributed by atoms with Crippen molar-refractivity contribution in [2.45, 2.75) is 45.1 Å². The molecular formula is C13H17N3O2. The maximum absolute atomic E-state index is 12.0. The molecule has 1 aliphatic rings. The number of aryl methyl sites for hydroxylation is 1. The molecule has 2 N–H and O–H groups in total. The summed E-state index contributed by atoms with van der Waals surface area (Å²) in [6, 6.07) is 1.78. The van der Waals surface area contributed by atoms with E-state index in [4.69, 9.17) is 0 Å².